The largest absolute Gasteiger partial charge is 0.748 e. The molecule has 0 rings (SSSR count). The Morgan fingerprint density at radius 2 is 1.73 bits per heavy atom. The first-order valence-electron chi connectivity index (χ1n) is 4.71. The molecule has 6 nitrogen and oxygen atoms in total. The minimum Gasteiger partial charge on any atom is -0.748 e. The van der Waals surface area contributed by atoms with Crippen LogP contribution in [0.1, 0.15) is 6.42 Å². The molecule has 0 aliphatic carbocycles. The summed E-state index contributed by atoms with van der Waals surface area (Å²) in [5.74, 6) is -0.405. The lowest BCUT2D eigenvalue weighted by atomic mass is 10.2. The van der Waals surface area contributed by atoms with Crippen LogP contribution in [-0.2, 0) is 10.1 Å². The molecule has 0 amide bonds. The SMILES string of the molecule is C[N+](C)(CCCS(=O)(=O)[O-])C(CO)CO. The van der Waals surface area contributed by atoms with Crippen molar-refractivity contribution in [2.75, 3.05) is 39.6 Å². The number of nitrogens with zero attached hydrogens (tertiary/aromatic N) is 1. The van der Waals surface area contributed by atoms with Gasteiger partial charge in [0.1, 0.15) is 6.04 Å². The van der Waals surface area contributed by atoms with E-state index >= 15 is 0 Å². The zero-order valence-electron chi connectivity index (χ0n) is 9.09. The van der Waals surface area contributed by atoms with Crippen LogP contribution in [0.5, 0.6) is 0 Å². The van der Waals surface area contributed by atoms with Gasteiger partial charge in [0.25, 0.3) is 0 Å². The Kier molecular flexibility index (Phi) is 5.68. The third-order valence-corrected chi connectivity index (χ3v) is 3.33. The van der Waals surface area contributed by atoms with Crippen LogP contribution in [0, 0.1) is 0 Å². The van der Waals surface area contributed by atoms with Gasteiger partial charge in [0.2, 0.25) is 0 Å². The Morgan fingerprint density at radius 3 is 2.07 bits per heavy atom. The van der Waals surface area contributed by atoms with Gasteiger partial charge in [-0.1, -0.05) is 0 Å². The Balaban J connectivity index is 4.14. The van der Waals surface area contributed by atoms with Gasteiger partial charge in [-0.15, -0.1) is 0 Å². The molecule has 0 aromatic rings. The molecule has 0 heterocycles. The summed E-state index contributed by atoms with van der Waals surface area (Å²) in [5.41, 5.74) is 0. The van der Waals surface area contributed by atoms with Crippen molar-refractivity contribution in [1.82, 2.24) is 0 Å². The number of rotatable bonds is 7. The van der Waals surface area contributed by atoms with Crippen LogP contribution in [0.2, 0.25) is 0 Å². The molecule has 0 spiro atoms. The zero-order valence-corrected chi connectivity index (χ0v) is 9.90. The molecule has 0 fully saturated rings. The van der Waals surface area contributed by atoms with Gasteiger partial charge in [0, 0.05) is 12.2 Å². The van der Waals surface area contributed by atoms with Gasteiger partial charge < -0.3 is 19.2 Å². The average molecular weight is 241 g/mol. The number of aliphatic hydroxyl groups is 2. The van der Waals surface area contributed by atoms with Crippen LogP contribution in [0.4, 0.5) is 0 Å². The monoisotopic (exact) mass is 241 g/mol. The van der Waals surface area contributed by atoms with Crippen molar-refractivity contribution in [1.29, 1.82) is 0 Å². The van der Waals surface area contributed by atoms with Crippen LogP contribution in [-0.4, -0.2) is 73.3 Å². The number of hydrogen-bond donors (Lipinski definition) is 2. The van der Waals surface area contributed by atoms with Crippen molar-refractivity contribution in [3.63, 3.8) is 0 Å². The van der Waals surface area contributed by atoms with Gasteiger partial charge >= 0.3 is 0 Å². The van der Waals surface area contributed by atoms with E-state index in [-0.39, 0.29) is 25.7 Å². The summed E-state index contributed by atoms with van der Waals surface area (Å²) in [6.07, 6.45) is 0.231. The average Bonchev–Trinajstić information content (AvgIpc) is 2.02. The fourth-order valence-corrected chi connectivity index (χ4v) is 1.81. The van der Waals surface area contributed by atoms with Crippen molar-refractivity contribution in [2.45, 2.75) is 12.5 Å². The van der Waals surface area contributed by atoms with Crippen molar-refractivity contribution >= 4 is 10.1 Å². The molecular weight excluding hydrogens is 222 g/mol. The Labute approximate surface area is 90.5 Å². The predicted molar refractivity (Wildman–Crippen MR) is 54.1 cm³/mol. The van der Waals surface area contributed by atoms with E-state index in [2.05, 4.69) is 0 Å². The molecule has 7 heteroatoms. The van der Waals surface area contributed by atoms with Crippen LogP contribution < -0.4 is 0 Å². The first-order chi connectivity index (χ1) is 6.73. The molecule has 0 aromatic carbocycles. The van der Waals surface area contributed by atoms with Crippen LogP contribution in [0.3, 0.4) is 0 Å². The number of hydrogen-bond acceptors (Lipinski definition) is 5. The van der Waals surface area contributed by atoms with Crippen molar-refractivity contribution in [3.05, 3.63) is 0 Å². The minimum absolute atomic E-state index is 0.173. The predicted octanol–water partition coefficient (Wildman–Crippen LogP) is -1.65. The van der Waals surface area contributed by atoms with Crippen LogP contribution >= 0.6 is 0 Å². The molecule has 0 bridgehead atoms. The smallest absolute Gasteiger partial charge is 0.135 e. The van der Waals surface area contributed by atoms with Crippen LogP contribution in [0.25, 0.3) is 0 Å². The molecule has 0 atom stereocenters. The van der Waals surface area contributed by atoms with Crippen LogP contribution in [0.15, 0.2) is 0 Å². The molecule has 0 saturated heterocycles. The maximum absolute atomic E-state index is 10.4. The minimum atomic E-state index is -4.17. The van der Waals surface area contributed by atoms with Gasteiger partial charge in [0.15, 0.2) is 0 Å². The second-order valence-corrected chi connectivity index (χ2v) is 5.66. The molecule has 0 saturated carbocycles. The molecule has 0 aliphatic heterocycles. The van der Waals surface area contributed by atoms with Gasteiger partial charge in [-0.05, 0) is 0 Å². The second kappa shape index (κ2) is 5.76. The molecule has 0 aliphatic rings. The molecular formula is C8H19NO5S. The maximum Gasteiger partial charge on any atom is 0.135 e. The summed E-state index contributed by atoms with van der Waals surface area (Å²) in [6, 6.07) is -0.348. The van der Waals surface area contributed by atoms with Gasteiger partial charge in [-0.25, -0.2) is 8.42 Å². The first-order valence-corrected chi connectivity index (χ1v) is 6.28. The normalized spacial score (nSPS) is 13.5. The summed E-state index contributed by atoms with van der Waals surface area (Å²) in [7, 11) is -0.626. The summed E-state index contributed by atoms with van der Waals surface area (Å²) in [6.45, 7) is 0.0779. The van der Waals surface area contributed by atoms with E-state index in [1.165, 1.54) is 0 Å². The Morgan fingerprint density at radius 1 is 1.27 bits per heavy atom. The zero-order chi connectivity index (χ0) is 12.1. The number of quaternary nitrogens is 1. The highest BCUT2D eigenvalue weighted by molar-refractivity contribution is 7.85. The molecule has 0 aromatic heterocycles. The van der Waals surface area contributed by atoms with Gasteiger partial charge in [-0.2, -0.15) is 0 Å². The van der Waals surface area contributed by atoms with E-state index < -0.39 is 15.9 Å². The quantitative estimate of drug-likeness (QED) is 0.411. The Hall–Kier alpha value is -0.210. The Bertz CT molecular complexity index is 271. The lowest BCUT2D eigenvalue weighted by molar-refractivity contribution is -0.915. The number of likely N-dealkylation sites (N-methyl/N-ethyl adjacent to an activating group) is 1. The lowest BCUT2D eigenvalue weighted by Gasteiger charge is -2.36. The van der Waals surface area contributed by atoms with Crippen molar-refractivity contribution < 1.29 is 27.7 Å². The number of aliphatic hydroxyl groups excluding tert-OH is 2. The second-order valence-electron chi connectivity index (χ2n) is 4.14. The summed E-state index contributed by atoms with van der Waals surface area (Å²) in [5, 5.41) is 17.9. The highest BCUT2D eigenvalue weighted by atomic mass is 32.2. The summed E-state index contributed by atoms with van der Waals surface area (Å²) in [4.78, 5) is 0. The summed E-state index contributed by atoms with van der Waals surface area (Å²) < 4.78 is 31.4. The lowest BCUT2D eigenvalue weighted by Crippen LogP contribution is -2.53. The van der Waals surface area contributed by atoms with E-state index in [0.717, 1.165) is 0 Å². The van der Waals surface area contributed by atoms with Crippen molar-refractivity contribution in [3.8, 4) is 0 Å². The third-order valence-electron chi connectivity index (χ3n) is 2.54. The molecule has 2 N–H and O–H groups in total. The third kappa shape index (κ3) is 6.06. The standard InChI is InChI=1S/C8H19NO5S/c1-9(2,8(6-10)7-11)4-3-5-15(12,13)14/h8,10-11H,3-7H2,1-2H3. The molecule has 0 unspecified atom stereocenters. The molecule has 92 valence electrons. The van der Waals surface area contributed by atoms with E-state index in [4.69, 9.17) is 10.2 Å². The highest BCUT2D eigenvalue weighted by Crippen LogP contribution is 2.07. The van der Waals surface area contributed by atoms with E-state index in [0.29, 0.717) is 11.0 Å². The van der Waals surface area contributed by atoms with Crippen molar-refractivity contribution in [2.24, 2.45) is 0 Å². The van der Waals surface area contributed by atoms with E-state index in [1.54, 1.807) is 14.1 Å². The van der Waals surface area contributed by atoms with Gasteiger partial charge in [-0.3, -0.25) is 0 Å². The van der Waals surface area contributed by atoms with E-state index in [1.807, 2.05) is 0 Å². The maximum atomic E-state index is 10.4. The molecule has 0 radical (unpaired) electrons. The molecule has 15 heavy (non-hydrogen) atoms. The van der Waals surface area contributed by atoms with E-state index in [9.17, 15) is 13.0 Å². The fraction of sp³-hybridized carbons (Fsp3) is 1.00. The fourth-order valence-electron chi connectivity index (χ4n) is 1.33. The highest BCUT2D eigenvalue weighted by Gasteiger charge is 2.26. The van der Waals surface area contributed by atoms with Gasteiger partial charge in [0.05, 0.1) is 44.0 Å². The first kappa shape index (κ1) is 14.8. The topological polar surface area (TPSA) is 97.7 Å². The summed E-state index contributed by atoms with van der Waals surface area (Å²) >= 11 is 0.